The van der Waals surface area contributed by atoms with Gasteiger partial charge < -0.3 is 5.32 Å². The second-order valence-corrected chi connectivity index (χ2v) is 8.19. The highest BCUT2D eigenvalue weighted by molar-refractivity contribution is 6.36. The van der Waals surface area contributed by atoms with Crippen LogP contribution in [0.3, 0.4) is 0 Å². The van der Waals surface area contributed by atoms with E-state index >= 15 is 0 Å². The summed E-state index contributed by atoms with van der Waals surface area (Å²) in [6.07, 6.45) is 1.74. The van der Waals surface area contributed by atoms with E-state index in [4.69, 9.17) is 23.2 Å². The highest BCUT2D eigenvalue weighted by Crippen LogP contribution is 2.26. The largest absolute Gasteiger partial charge is 0.334 e. The fourth-order valence-electron chi connectivity index (χ4n) is 3.52. The normalized spacial score (nSPS) is 19.3. The number of rotatable bonds is 4. The minimum Gasteiger partial charge on any atom is -0.334 e. The Kier molecular flexibility index (Phi) is 6.07. The topological polar surface area (TPSA) is 61.2 Å². The molecule has 1 aliphatic heterocycles. The van der Waals surface area contributed by atoms with Gasteiger partial charge in [0.15, 0.2) is 6.04 Å². The lowest BCUT2D eigenvalue weighted by atomic mass is 9.99. The van der Waals surface area contributed by atoms with Crippen LogP contribution in [0, 0.1) is 6.92 Å². The Morgan fingerprint density at radius 2 is 1.74 bits per heavy atom. The fourth-order valence-corrected chi connectivity index (χ4v) is 3.97. The SMILES string of the molecule is Cc1ccc(C(=O)N[C@@H]2C(=O)N/[N+](=C\c3ccc(Cl)cc3Cl)[C@@H]2c2ccccc2)cc1. The zero-order valence-electron chi connectivity index (χ0n) is 16.7. The maximum atomic E-state index is 12.9. The summed E-state index contributed by atoms with van der Waals surface area (Å²) in [7, 11) is 0. The van der Waals surface area contributed by atoms with E-state index in [1.807, 2.05) is 49.4 Å². The highest BCUT2D eigenvalue weighted by Gasteiger charge is 2.47. The number of hydrazone groups is 1. The molecule has 0 aliphatic carbocycles. The predicted molar refractivity (Wildman–Crippen MR) is 122 cm³/mol. The standard InChI is InChI=1S/C24H19Cl2N3O2/c1-15-7-9-17(10-8-15)23(30)27-21-22(16-5-3-2-4-6-16)29(28-24(21)31)14-18-11-12-19(25)13-20(18)26/h2-14,21-22H,1H3,(H-,27,28,30,31)/p+1/b29-14-/t21-,22+/m0/s1. The molecule has 31 heavy (non-hydrogen) atoms. The highest BCUT2D eigenvalue weighted by atomic mass is 35.5. The summed E-state index contributed by atoms with van der Waals surface area (Å²) in [6, 6.07) is 20.6. The molecule has 7 heteroatoms. The molecule has 156 valence electrons. The molecule has 0 saturated carbocycles. The summed E-state index contributed by atoms with van der Waals surface area (Å²) in [6.45, 7) is 1.95. The summed E-state index contributed by atoms with van der Waals surface area (Å²) < 4.78 is 1.67. The van der Waals surface area contributed by atoms with Crippen molar-refractivity contribution >= 4 is 41.2 Å². The average Bonchev–Trinajstić information content (AvgIpc) is 3.06. The lowest BCUT2D eigenvalue weighted by Crippen LogP contribution is -2.42. The molecule has 0 aromatic heterocycles. The predicted octanol–water partition coefficient (Wildman–Crippen LogP) is 4.32. The van der Waals surface area contributed by atoms with Crippen molar-refractivity contribution in [3.63, 3.8) is 0 Å². The number of benzene rings is 3. The van der Waals surface area contributed by atoms with Crippen LogP contribution in [0.4, 0.5) is 0 Å². The minimum absolute atomic E-state index is 0.310. The third-order valence-corrected chi connectivity index (χ3v) is 5.68. The average molecular weight is 453 g/mol. The van der Waals surface area contributed by atoms with Crippen LogP contribution in [0.25, 0.3) is 0 Å². The van der Waals surface area contributed by atoms with E-state index in [9.17, 15) is 9.59 Å². The van der Waals surface area contributed by atoms with Gasteiger partial charge in [-0.1, -0.05) is 71.2 Å². The van der Waals surface area contributed by atoms with Crippen LogP contribution in [-0.2, 0) is 4.79 Å². The van der Waals surface area contributed by atoms with Crippen LogP contribution in [0.1, 0.15) is 33.1 Å². The number of hydrogen-bond donors (Lipinski definition) is 2. The molecular formula is C24H20Cl2N3O2+. The second-order valence-electron chi connectivity index (χ2n) is 7.35. The summed E-state index contributed by atoms with van der Waals surface area (Å²) in [5, 5.41) is 3.87. The number of amides is 2. The van der Waals surface area contributed by atoms with Gasteiger partial charge in [0, 0.05) is 16.1 Å². The van der Waals surface area contributed by atoms with E-state index in [2.05, 4.69) is 10.7 Å². The molecule has 1 heterocycles. The van der Waals surface area contributed by atoms with Crippen molar-refractivity contribution in [3.05, 3.63) is 105 Å². The van der Waals surface area contributed by atoms with Gasteiger partial charge in [-0.25, -0.2) is 0 Å². The van der Waals surface area contributed by atoms with Gasteiger partial charge in [-0.05, 0) is 37.3 Å². The molecule has 0 bridgehead atoms. The third-order valence-electron chi connectivity index (χ3n) is 5.12. The molecule has 0 spiro atoms. The first-order valence-corrected chi connectivity index (χ1v) is 10.5. The van der Waals surface area contributed by atoms with E-state index in [0.29, 0.717) is 21.2 Å². The lowest BCUT2D eigenvalue weighted by molar-refractivity contribution is -0.596. The van der Waals surface area contributed by atoms with Gasteiger partial charge >= 0.3 is 5.91 Å². The van der Waals surface area contributed by atoms with Crippen LogP contribution >= 0.6 is 23.2 Å². The van der Waals surface area contributed by atoms with E-state index in [1.165, 1.54) is 0 Å². The van der Waals surface area contributed by atoms with Gasteiger partial charge in [-0.3, -0.25) is 9.59 Å². The molecule has 0 radical (unpaired) electrons. The molecule has 3 aromatic carbocycles. The molecule has 4 rings (SSSR count). The van der Waals surface area contributed by atoms with Gasteiger partial charge in [0.1, 0.15) is 0 Å². The van der Waals surface area contributed by atoms with Gasteiger partial charge in [0.25, 0.3) is 5.91 Å². The number of halogens is 2. The Bertz CT molecular complexity index is 1160. The van der Waals surface area contributed by atoms with Crippen molar-refractivity contribution in [2.24, 2.45) is 0 Å². The Balaban J connectivity index is 1.70. The van der Waals surface area contributed by atoms with Gasteiger partial charge in [-0.15, -0.1) is 10.1 Å². The zero-order chi connectivity index (χ0) is 22.0. The molecule has 1 saturated heterocycles. The second kappa shape index (κ2) is 8.92. The molecule has 1 fully saturated rings. The van der Waals surface area contributed by atoms with E-state index in [-0.39, 0.29) is 11.8 Å². The number of hydrazine groups is 1. The van der Waals surface area contributed by atoms with E-state index in [1.54, 1.807) is 41.2 Å². The first-order chi connectivity index (χ1) is 14.9. The van der Waals surface area contributed by atoms with Gasteiger partial charge in [0.2, 0.25) is 12.3 Å². The van der Waals surface area contributed by atoms with Crippen LogP contribution in [0.2, 0.25) is 10.0 Å². The molecule has 2 atom stereocenters. The molecule has 2 amide bonds. The van der Waals surface area contributed by atoms with Crippen molar-refractivity contribution in [3.8, 4) is 0 Å². The summed E-state index contributed by atoms with van der Waals surface area (Å²) >= 11 is 12.3. The van der Waals surface area contributed by atoms with Crippen molar-refractivity contribution in [1.82, 2.24) is 10.7 Å². The van der Waals surface area contributed by atoms with Gasteiger partial charge in [-0.2, -0.15) is 0 Å². The number of hydrogen-bond acceptors (Lipinski definition) is 2. The third kappa shape index (κ3) is 4.63. The van der Waals surface area contributed by atoms with Crippen LogP contribution in [-0.4, -0.2) is 28.8 Å². The Morgan fingerprint density at radius 3 is 2.42 bits per heavy atom. The van der Waals surface area contributed by atoms with E-state index in [0.717, 1.165) is 11.1 Å². The van der Waals surface area contributed by atoms with Crippen LogP contribution in [0.5, 0.6) is 0 Å². The van der Waals surface area contributed by atoms with Crippen molar-refractivity contribution in [2.45, 2.75) is 19.0 Å². The fraction of sp³-hybridized carbons (Fsp3) is 0.125. The molecule has 0 unspecified atom stereocenters. The minimum atomic E-state index is -0.793. The van der Waals surface area contributed by atoms with Crippen LogP contribution in [0.15, 0.2) is 72.8 Å². The molecular weight excluding hydrogens is 433 g/mol. The van der Waals surface area contributed by atoms with Crippen molar-refractivity contribution in [2.75, 3.05) is 0 Å². The number of nitrogens with one attached hydrogen (secondary N) is 2. The van der Waals surface area contributed by atoms with E-state index < -0.39 is 12.1 Å². The lowest BCUT2D eigenvalue weighted by Gasteiger charge is -2.15. The maximum absolute atomic E-state index is 12.9. The number of carbonyl (C=O) groups excluding carboxylic acids is 2. The Labute approximate surface area is 190 Å². The summed E-state index contributed by atoms with van der Waals surface area (Å²) in [5.74, 6) is -0.622. The molecule has 2 N–H and O–H groups in total. The molecule has 5 nitrogen and oxygen atoms in total. The first kappa shape index (κ1) is 21.1. The molecule has 3 aromatic rings. The van der Waals surface area contributed by atoms with Crippen molar-refractivity contribution in [1.29, 1.82) is 0 Å². The maximum Gasteiger partial charge on any atom is 0.304 e. The number of carbonyl (C=O) groups is 2. The monoisotopic (exact) mass is 452 g/mol. The molecule has 1 aliphatic rings. The summed E-state index contributed by atoms with van der Waals surface area (Å²) in [4.78, 5) is 25.7. The number of aryl methyl sites for hydroxylation is 1. The van der Waals surface area contributed by atoms with Crippen LogP contribution < -0.4 is 10.7 Å². The number of nitrogens with zero attached hydrogens (tertiary/aromatic N) is 1. The Hall–Kier alpha value is -3.15. The first-order valence-electron chi connectivity index (χ1n) is 9.73. The smallest absolute Gasteiger partial charge is 0.304 e. The quantitative estimate of drug-likeness (QED) is 0.579. The zero-order valence-corrected chi connectivity index (χ0v) is 18.2. The Morgan fingerprint density at radius 1 is 1.03 bits per heavy atom. The van der Waals surface area contributed by atoms with Gasteiger partial charge in [0.05, 0.1) is 10.6 Å². The van der Waals surface area contributed by atoms with Crippen molar-refractivity contribution < 1.29 is 14.3 Å². The summed E-state index contributed by atoms with van der Waals surface area (Å²) in [5.41, 5.74) is 5.95.